The summed E-state index contributed by atoms with van der Waals surface area (Å²) in [4.78, 5) is 0. The quantitative estimate of drug-likeness (QED) is 0.856. The van der Waals surface area contributed by atoms with E-state index in [1.165, 1.54) is 0 Å². The van der Waals surface area contributed by atoms with Crippen LogP contribution in [-0.2, 0) is 0 Å². The number of aromatic nitrogens is 2. The van der Waals surface area contributed by atoms with Gasteiger partial charge in [-0.3, -0.25) is 0 Å². The van der Waals surface area contributed by atoms with Gasteiger partial charge in [-0.1, -0.05) is 23.7 Å². The highest BCUT2D eigenvalue weighted by Crippen LogP contribution is 2.31. The molecule has 2 aromatic rings. The summed E-state index contributed by atoms with van der Waals surface area (Å²) in [7, 11) is 0. The number of benzene rings is 1. The van der Waals surface area contributed by atoms with Gasteiger partial charge in [0.15, 0.2) is 0 Å². The number of rotatable bonds is 1. The Balaban J connectivity index is 2.04. The Morgan fingerprint density at radius 3 is 2.89 bits per heavy atom. The highest BCUT2D eigenvalue weighted by Gasteiger charge is 2.24. The van der Waals surface area contributed by atoms with Crippen molar-refractivity contribution < 1.29 is 0 Å². The average molecular weight is 259 g/mol. The molecule has 1 atom stereocenters. The minimum absolute atomic E-state index is 0.167. The smallest absolute Gasteiger partial charge is 0.143 e. The molecule has 0 saturated carbocycles. The monoisotopic (exact) mass is 258 g/mol. The molecule has 1 unspecified atom stereocenters. The molecular formula is C13H11ClN4. The van der Waals surface area contributed by atoms with Gasteiger partial charge in [0.25, 0.3) is 0 Å². The minimum atomic E-state index is 0.167. The van der Waals surface area contributed by atoms with E-state index >= 15 is 0 Å². The lowest BCUT2D eigenvalue weighted by Crippen LogP contribution is -2.24. The van der Waals surface area contributed by atoms with Crippen LogP contribution in [0.2, 0.25) is 5.02 Å². The average Bonchev–Trinajstić information content (AvgIpc) is 2.82. The van der Waals surface area contributed by atoms with Crippen LogP contribution in [0.25, 0.3) is 0 Å². The van der Waals surface area contributed by atoms with Crippen LogP contribution in [-0.4, -0.2) is 16.3 Å². The Kier molecular flexibility index (Phi) is 2.69. The van der Waals surface area contributed by atoms with E-state index in [1.807, 2.05) is 28.9 Å². The zero-order chi connectivity index (χ0) is 12.5. The zero-order valence-corrected chi connectivity index (χ0v) is 10.4. The summed E-state index contributed by atoms with van der Waals surface area (Å²) in [5, 5.41) is 17.3. The molecule has 1 aromatic carbocycles. The summed E-state index contributed by atoms with van der Waals surface area (Å²) in [5.74, 6) is 0.809. The molecule has 4 nitrogen and oxygen atoms in total. The number of fused-ring (bicyclic) bond motifs is 1. The molecule has 2 heterocycles. The third-order valence-corrected chi connectivity index (χ3v) is 3.43. The van der Waals surface area contributed by atoms with Gasteiger partial charge in [-0.25, -0.2) is 4.68 Å². The lowest BCUT2D eigenvalue weighted by Gasteiger charge is -2.26. The number of anilines is 1. The molecular weight excluding hydrogens is 248 g/mol. The van der Waals surface area contributed by atoms with Gasteiger partial charge < -0.3 is 5.32 Å². The van der Waals surface area contributed by atoms with Crippen molar-refractivity contribution in [2.24, 2.45) is 0 Å². The molecule has 0 amide bonds. The third kappa shape index (κ3) is 1.73. The van der Waals surface area contributed by atoms with Crippen LogP contribution in [0.5, 0.6) is 0 Å². The third-order valence-electron chi connectivity index (χ3n) is 3.18. The van der Waals surface area contributed by atoms with E-state index < -0.39 is 0 Å². The molecule has 18 heavy (non-hydrogen) atoms. The minimum Gasteiger partial charge on any atom is -0.369 e. The van der Waals surface area contributed by atoms with Gasteiger partial charge in [0.05, 0.1) is 12.2 Å². The number of halogens is 1. The summed E-state index contributed by atoms with van der Waals surface area (Å²) in [6.45, 7) is 0.841. The molecule has 1 aromatic heterocycles. The maximum atomic E-state index is 9.01. The van der Waals surface area contributed by atoms with E-state index in [-0.39, 0.29) is 6.04 Å². The van der Waals surface area contributed by atoms with Crippen molar-refractivity contribution in [1.82, 2.24) is 9.78 Å². The van der Waals surface area contributed by atoms with Crippen LogP contribution in [0.4, 0.5) is 5.82 Å². The van der Waals surface area contributed by atoms with Crippen molar-refractivity contribution in [2.75, 3.05) is 11.9 Å². The fourth-order valence-corrected chi connectivity index (χ4v) is 2.42. The number of nitriles is 1. The lowest BCUT2D eigenvalue weighted by molar-refractivity contribution is 0.482. The number of hydrogen-bond donors (Lipinski definition) is 1. The Morgan fingerprint density at radius 2 is 2.17 bits per heavy atom. The fourth-order valence-electron chi connectivity index (χ4n) is 2.30. The predicted molar refractivity (Wildman–Crippen MR) is 69.6 cm³/mol. The van der Waals surface area contributed by atoms with Crippen LogP contribution >= 0.6 is 11.6 Å². The summed E-state index contributed by atoms with van der Waals surface area (Å²) in [5.41, 5.74) is 1.75. The summed E-state index contributed by atoms with van der Waals surface area (Å²) >= 11 is 5.90. The molecule has 0 fully saturated rings. The van der Waals surface area contributed by atoms with E-state index in [4.69, 9.17) is 16.9 Å². The Bertz CT molecular complexity index is 609. The van der Waals surface area contributed by atoms with Crippen LogP contribution in [0.1, 0.15) is 23.6 Å². The second-order valence-corrected chi connectivity index (χ2v) is 4.68. The van der Waals surface area contributed by atoms with E-state index in [0.29, 0.717) is 5.56 Å². The van der Waals surface area contributed by atoms with Crippen molar-refractivity contribution in [3.05, 3.63) is 46.6 Å². The molecule has 0 aliphatic carbocycles. The first-order valence-electron chi connectivity index (χ1n) is 5.76. The first-order chi connectivity index (χ1) is 8.79. The Hall–Kier alpha value is -1.99. The van der Waals surface area contributed by atoms with Gasteiger partial charge >= 0.3 is 0 Å². The van der Waals surface area contributed by atoms with Crippen LogP contribution in [0.15, 0.2) is 30.5 Å². The van der Waals surface area contributed by atoms with E-state index in [1.54, 1.807) is 6.20 Å². The first kappa shape index (κ1) is 11.1. The Morgan fingerprint density at radius 1 is 1.39 bits per heavy atom. The maximum Gasteiger partial charge on any atom is 0.143 e. The van der Waals surface area contributed by atoms with Crippen LogP contribution in [0.3, 0.4) is 0 Å². The predicted octanol–water partition coefficient (Wildman–Crippen LogP) is 2.81. The van der Waals surface area contributed by atoms with Crippen LogP contribution in [0, 0.1) is 11.3 Å². The molecule has 0 bridgehead atoms. The zero-order valence-electron chi connectivity index (χ0n) is 9.60. The number of hydrogen-bond acceptors (Lipinski definition) is 3. The first-order valence-corrected chi connectivity index (χ1v) is 6.14. The summed E-state index contributed by atoms with van der Waals surface area (Å²) in [6, 6.07) is 10.1. The van der Waals surface area contributed by atoms with Crippen LogP contribution < -0.4 is 5.32 Å². The van der Waals surface area contributed by atoms with Crippen molar-refractivity contribution in [3.8, 4) is 6.07 Å². The standard InChI is InChI=1S/C13H11ClN4/c14-11-3-1-9(2-4-11)12-5-6-16-13-10(7-15)8-17-18(12)13/h1-4,8,12,16H,5-6H2. The summed E-state index contributed by atoms with van der Waals surface area (Å²) in [6.07, 6.45) is 2.55. The van der Waals surface area contributed by atoms with Crippen molar-refractivity contribution in [3.63, 3.8) is 0 Å². The second kappa shape index (κ2) is 4.35. The Labute approximate surface area is 110 Å². The van der Waals surface area contributed by atoms with Gasteiger partial charge in [-0.15, -0.1) is 0 Å². The lowest BCUT2D eigenvalue weighted by atomic mass is 10.0. The molecule has 0 saturated heterocycles. The molecule has 1 aliphatic heterocycles. The van der Waals surface area contributed by atoms with Crippen molar-refractivity contribution >= 4 is 17.4 Å². The van der Waals surface area contributed by atoms with Gasteiger partial charge in [-0.2, -0.15) is 10.4 Å². The molecule has 0 radical (unpaired) electrons. The highest BCUT2D eigenvalue weighted by molar-refractivity contribution is 6.30. The van der Waals surface area contributed by atoms with E-state index in [2.05, 4.69) is 16.5 Å². The number of nitrogens with one attached hydrogen (secondary N) is 1. The normalized spacial score (nSPS) is 17.7. The van der Waals surface area contributed by atoms with E-state index in [0.717, 1.165) is 29.4 Å². The van der Waals surface area contributed by atoms with Gasteiger partial charge in [0, 0.05) is 11.6 Å². The van der Waals surface area contributed by atoms with Crippen molar-refractivity contribution in [2.45, 2.75) is 12.5 Å². The van der Waals surface area contributed by atoms with Gasteiger partial charge in [0.2, 0.25) is 0 Å². The molecule has 5 heteroatoms. The molecule has 3 rings (SSSR count). The van der Waals surface area contributed by atoms with Crippen molar-refractivity contribution in [1.29, 1.82) is 5.26 Å². The fraction of sp³-hybridized carbons (Fsp3) is 0.231. The number of nitrogens with zero attached hydrogens (tertiary/aromatic N) is 3. The second-order valence-electron chi connectivity index (χ2n) is 4.25. The highest BCUT2D eigenvalue weighted by atomic mass is 35.5. The molecule has 1 N–H and O–H groups in total. The molecule has 90 valence electrons. The van der Waals surface area contributed by atoms with E-state index in [9.17, 15) is 0 Å². The topological polar surface area (TPSA) is 53.6 Å². The summed E-state index contributed by atoms with van der Waals surface area (Å²) < 4.78 is 1.88. The SMILES string of the molecule is N#Cc1cnn2c1NCCC2c1ccc(Cl)cc1. The van der Waals surface area contributed by atoms with Gasteiger partial charge in [0.1, 0.15) is 17.5 Å². The maximum absolute atomic E-state index is 9.01. The van der Waals surface area contributed by atoms with Gasteiger partial charge in [-0.05, 0) is 24.1 Å². The molecule has 0 spiro atoms. The largest absolute Gasteiger partial charge is 0.369 e. The molecule has 1 aliphatic rings.